The summed E-state index contributed by atoms with van der Waals surface area (Å²) >= 11 is 0. The predicted molar refractivity (Wildman–Crippen MR) is 128 cm³/mol. The number of non-ortho nitro benzene ring substituents is 1. The number of anilines is 1. The molecule has 0 spiro atoms. The Morgan fingerprint density at radius 1 is 1.15 bits per heavy atom. The number of sulfonamides is 1. The standard InChI is InChI=1S/C23H31N3O6S/c1-15-12-17(3)20(13-16(15)2)18(4)24-23(27)8-7-11-25(33(6,30)31)21-14-19(26(28)29)9-10-22(21)32-5/h9-10,12-14,18H,7-8,11H2,1-6H3,(H,24,27)/t18-/m0/s1. The molecule has 0 aromatic heterocycles. The molecule has 0 radical (unpaired) electrons. The molecular weight excluding hydrogens is 446 g/mol. The molecular formula is C23H31N3O6S. The number of carbonyl (C=O) groups excluding carboxylic acids is 1. The second-order valence-electron chi connectivity index (χ2n) is 8.13. The number of nitrogens with zero attached hydrogens (tertiary/aromatic N) is 2. The Morgan fingerprint density at radius 2 is 1.79 bits per heavy atom. The average Bonchev–Trinajstić information content (AvgIpc) is 2.72. The van der Waals surface area contributed by atoms with Crippen molar-refractivity contribution in [3.63, 3.8) is 0 Å². The quantitative estimate of drug-likeness (QED) is 0.409. The van der Waals surface area contributed by atoms with E-state index in [1.54, 1.807) is 0 Å². The van der Waals surface area contributed by atoms with E-state index in [1.165, 1.54) is 24.8 Å². The summed E-state index contributed by atoms with van der Waals surface area (Å²) in [5.41, 5.74) is 4.26. The summed E-state index contributed by atoms with van der Waals surface area (Å²) in [7, 11) is -2.42. The number of ether oxygens (including phenoxy) is 1. The van der Waals surface area contributed by atoms with Gasteiger partial charge in [-0.3, -0.25) is 19.2 Å². The molecule has 1 amide bonds. The number of aryl methyl sites for hydroxylation is 3. The van der Waals surface area contributed by atoms with E-state index in [4.69, 9.17) is 4.74 Å². The fourth-order valence-corrected chi connectivity index (χ4v) is 4.64. The molecule has 2 aromatic rings. The highest BCUT2D eigenvalue weighted by molar-refractivity contribution is 7.92. The highest BCUT2D eigenvalue weighted by atomic mass is 32.2. The lowest BCUT2D eigenvalue weighted by Crippen LogP contribution is -2.33. The third-order valence-corrected chi connectivity index (χ3v) is 6.71. The number of benzene rings is 2. The second-order valence-corrected chi connectivity index (χ2v) is 10.0. The van der Waals surface area contributed by atoms with Gasteiger partial charge in [0.2, 0.25) is 15.9 Å². The van der Waals surface area contributed by atoms with Gasteiger partial charge in [0.15, 0.2) is 0 Å². The Hall–Kier alpha value is -3.14. The number of methoxy groups -OCH3 is 1. The summed E-state index contributed by atoms with van der Waals surface area (Å²) in [5.74, 6) is -0.0195. The van der Waals surface area contributed by atoms with Crippen molar-refractivity contribution in [1.82, 2.24) is 5.32 Å². The molecule has 33 heavy (non-hydrogen) atoms. The highest BCUT2D eigenvalue weighted by Crippen LogP contribution is 2.34. The Labute approximate surface area is 195 Å². The monoisotopic (exact) mass is 477 g/mol. The third-order valence-electron chi connectivity index (χ3n) is 5.53. The predicted octanol–water partition coefficient (Wildman–Crippen LogP) is 3.95. The maximum atomic E-state index is 12.5. The Bertz CT molecular complexity index is 1150. The van der Waals surface area contributed by atoms with Crippen molar-refractivity contribution >= 4 is 27.3 Å². The van der Waals surface area contributed by atoms with Crippen LogP contribution < -0.4 is 14.4 Å². The van der Waals surface area contributed by atoms with Crippen molar-refractivity contribution < 1.29 is 22.9 Å². The second kappa shape index (κ2) is 10.7. The van der Waals surface area contributed by atoms with Crippen LogP contribution in [0.2, 0.25) is 0 Å². The minimum Gasteiger partial charge on any atom is -0.495 e. The van der Waals surface area contributed by atoms with Gasteiger partial charge >= 0.3 is 0 Å². The first kappa shape index (κ1) is 26.1. The number of amides is 1. The van der Waals surface area contributed by atoms with E-state index in [1.807, 2.05) is 27.7 Å². The molecule has 0 bridgehead atoms. The van der Waals surface area contributed by atoms with E-state index in [9.17, 15) is 23.3 Å². The van der Waals surface area contributed by atoms with Crippen molar-refractivity contribution in [1.29, 1.82) is 0 Å². The number of hydrogen-bond donors (Lipinski definition) is 1. The first-order valence-electron chi connectivity index (χ1n) is 10.5. The molecule has 0 saturated heterocycles. The molecule has 0 unspecified atom stereocenters. The van der Waals surface area contributed by atoms with Crippen LogP contribution >= 0.6 is 0 Å². The molecule has 1 atom stereocenters. The van der Waals surface area contributed by atoms with Crippen LogP contribution in [0.4, 0.5) is 11.4 Å². The molecule has 0 saturated carbocycles. The molecule has 9 nitrogen and oxygen atoms in total. The lowest BCUT2D eigenvalue weighted by molar-refractivity contribution is -0.384. The largest absolute Gasteiger partial charge is 0.495 e. The van der Waals surface area contributed by atoms with Crippen molar-refractivity contribution in [2.75, 3.05) is 24.2 Å². The number of nitrogens with one attached hydrogen (secondary N) is 1. The van der Waals surface area contributed by atoms with Crippen molar-refractivity contribution in [2.24, 2.45) is 0 Å². The minimum atomic E-state index is -3.77. The van der Waals surface area contributed by atoms with Gasteiger partial charge in [-0.2, -0.15) is 0 Å². The number of hydrogen-bond acceptors (Lipinski definition) is 6. The van der Waals surface area contributed by atoms with E-state index < -0.39 is 14.9 Å². The fraction of sp³-hybridized carbons (Fsp3) is 0.435. The van der Waals surface area contributed by atoms with Crippen LogP contribution in [0.15, 0.2) is 30.3 Å². The first-order valence-corrected chi connectivity index (χ1v) is 12.4. The van der Waals surface area contributed by atoms with Crippen LogP contribution in [-0.4, -0.2) is 39.2 Å². The fourth-order valence-electron chi connectivity index (χ4n) is 3.68. The van der Waals surface area contributed by atoms with Gasteiger partial charge < -0.3 is 10.1 Å². The van der Waals surface area contributed by atoms with Gasteiger partial charge in [0.25, 0.3) is 5.69 Å². The molecule has 0 aliphatic carbocycles. The zero-order chi connectivity index (χ0) is 24.9. The summed E-state index contributed by atoms with van der Waals surface area (Å²) in [5, 5.41) is 14.1. The molecule has 1 N–H and O–H groups in total. The van der Waals surface area contributed by atoms with Crippen LogP contribution in [0.1, 0.15) is 48.1 Å². The Kier molecular flexibility index (Phi) is 8.43. The van der Waals surface area contributed by atoms with Crippen molar-refractivity contribution in [3.8, 4) is 5.75 Å². The normalized spacial score (nSPS) is 12.2. The lowest BCUT2D eigenvalue weighted by Gasteiger charge is -2.24. The number of rotatable bonds is 10. The van der Waals surface area contributed by atoms with Crippen molar-refractivity contribution in [3.05, 3.63) is 62.7 Å². The third kappa shape index (κ3) is 6.67. The molecule has 0 aliphatic heterocycles. The first-order chi connectivity index (χ1) is 15.3. The van der Waals surface area contributed by atoms with E-state index in [-0.39, 0.29) is 48.5 Å². The molecule has 0 fully saturated rings. The van der Waals surface area contributed by atoms with Crippen molar-refractivity contribution in [2.45, 2.75) is 46.6 Å². The van der Waals surface area contributed by atoms with Crippen LogP contribution in [0, 0.1) is 30.9 Å². The van der Waals surface area contributed by atoms with E-state index >= 15 is 0 Å². The lowest BCUT2D eigenvalue weighted by atomic mass is 9.96. The van der Waals surface area contributed by atoms with Gasteiger partial charge in [-0.25, -0.2) is 8.42 Å². The summed E-state index contributed by atoms with van der Waals surface area (Å²) in [6, 6.07) is 7.71. The highest BCUT2D eigenvalue weighted by Gasteiger charge is 2.24. The average molecular weight is 478 g/mol. The summed E-state index contributed by atoms with van der Waals surface area (Å²) < 4.78 is 31.1. The van der Waals surface area contributed by atoms with E-state index in [0.717, 1.165) is 33.3 Å². The Balaban J connectivity index is 2.12. The van der Waals surface area contributed by atoms with Gasteiger partial charge in [0.1, 0.15) is 11.4 Å². The number of nitro benzene ring substituents is 1. The summed E-state index contributed by atoms with van der Waals surface area (Å²) in [4.78, 5) is 23.1. The van der Waals surface area contributed by atoms with Crippen LogP contribution in [-0.2, 0) is 14.8 Å². The van der Waals surface area contributed by atoms with Gasteiger partial charge in [0, 0.05) is 25.1 Å². The SMILES string of the molecule is COc1ccc([N+](=O)[O-])cc1N(CCCC(=O)N[C@@H](C)c1cc(C)c(C)cc1C)S(C)(=O)=O. The van der Waals surface area contributed by atoms with Gasteiger partial charge in [-0.15, -0.1) is 0 Å². The molecule has 0 aliphatic rings. The van der Waals surface area contributed by atoms with Gasteiger partial charge in [-0.05, 0) is 62.4 Å². The Morgan fingerprint density at radius 3 is 2.36 bits per heavy atom. The maximum Gasteiger partial charge on any atom is 0.271 e. The van der Waals surface area contributed by atoms with Crippen LogP contribution in [0.25, 0.3) is 0 Å². The van der Waals surface area contributed by atoms with Crippen LogP contribution in [0.5, 0.6) is 5.75 Å². The molecule has 10 heteroatoms. The van der Waals surface area contributed by atoms with Crippen LogP contribution in [0.3, 0.4) is 0 Å². The molecule has 2 rings (SSSR count). The number of nitro groups is 1. The van der Waals surface area contributed by atoms with E-state index in [2.05, 4.69) is 17.4 Å². The van der Waals surface area contributed by atoms with Gasteiger partial charge in [-0.1, -0.05) is 12.1 Å². The summed E-state index contributed by atoms with van der Waals surface area (Å²) in [6.07, 6.45) is 1.33. The topological polar surface area (TPSA) is 119 Å². The smallest absolute Gasteiger partial charge is 0.271 e. The van der Waals surface area contributed by atoms with Gasteiger partial charge in [0.05, 0.1) is 24.3 Å². The van der Waals surface area contributed by atoms with E-state index in [0.29, 0.717) is 0 Å². The zero-order valence-electron chi connectivity index (χ0n) is 19.8. The molecule has 0 heterocycles. The molecule has 180 valence electrons. The maximum absolute atomic E-state index is 12.5. The summed E-state index contributed by atoms with van der Waals surface area (Å²) in [6.45, 7) is 7.95. The molecule has 2 aromatic carbocycles. The zero-order valence-corrected chi connectivity index (χ0v) is 20.7. The number of carbonyl (C=O) groups is 1. The minimum absolute atomic E-state index is 0.0270.